The first-order valence-corrected chi connectivity index (χ1v) is 19.8. The third kappa shape index (κ3) is 10.7. The molecule has 51 heavy (non-hydrogen) atoms. The first-order valence-electron chi connectivity index (χ1n) is 19.8. The summed E-state index contributed by atoms with van der Waals surface area (Å²) in [5.74, 6) is -0.688. The number of hydrogen-bond acceptors (Lipinski definition) is 4. The molecule has 0 aliphatic heterocycles. The molecule has 274 valence electrons. The predicted molar refractivity (Wildman–Crippen MR) is 211 cm³/mol. The van der Waals surface area contributed by atoms with Crippen molar-refractivity contribution < 1.29 is 20.1 Å². The van der Waals surface area contributed by atoms with Gasteiger partial charge >= 0.3 is 0 Å². The molecule has 0 heterocycles. The number of Topliss-reactive ketones (excluding diaryl/α,β-unsaturated/α-hetero) is 1. The van der Waals surface area contributed by atoms with Gasteiger partial charge in [0.25, 0.3) is 0 Å². The zero-order chi connectivity index (χ0) is 36.2. The van der Waals surface area contributed by atoms with Crippen LogP contribution in [0.5, 0.6) is 0 Å². The quantitative estimate of drug-likeness (QED) is 0.0367. The number of benzene rings is 4. The van der Waals surface area contributed by atoms with E-state index < -0.39 is 29.0 Å². The molecule has 3 unspecified atom stereocenters. The molecule has 0 aliphatic carbocycles. The highest BCUT2D eigenvalue weighted by atomic mass is 16.4. The number of unbranched alkanes of at least 4 members (excludes halogenated alkanes) is 15. The van der Waals surface area contributed by atoms with Crippen molar-refractivity contribution in [2.45, 2.75) is 139 Å². The van der Waals surface area contributed by atoms with Gasteiger partial charge in [-0.2, -0.15) is 0 Å². The van der Waals surface area contributed by atoms with E-state index in [1.165, 1.54) is 77.0 Å². The van der Waals surface area contributed by atoms with E-state index in [0.29, 0.717) is 23.1 Å². The largest absolute Gasteiger partial charge is 0.390 e. The second-order valence-corrected chi connectivity index (χ2v) is 14.4. The average Bonchev–Trinajstić information content (AvgIpc) is 3.19. The lowest BCUT2D eigenvalue weighted by Gasteiger charge is -2.48. The fraction of sp³-hybridized carbons (Fsp3) is 0.468. The summed E-state index contributed by atoms with van der Waals surface area (Å²) in [7, 11) is 0. The number of carbonyl (C=O) groups excluding carboxylic acids is 1. The predicted octanol–water partition coefficient (Wildman–Crippen LogP) is 11.0. The third-order valence-corrected chi connectivity index (χ3v) is 10.8. The summed E-state index contributed by atoms with van der Waals surface area (Å²) in [6.07, 6.45) is 16.7. The van der Waals surface area contributed by atoms with Crippen molar-refractivity contribution in [3.63, 3.8) is 0 Å². The monoisotopic (exact) mass is 690 g/mol. The molecule has 4 aromatic carbocycles. The van der Waals surface area contributed by atoms with Crippen molar-refractivity contribution in [2.24, 2.45) is 0 Å². The molecule has 0 fully saturated rings. The maximum absolute atomic E-state index is 14.5. The summed E-state index contributed by atoms with van der Waals surface area (Å²) in [6.45, 7) is 2.27. The molecule has 0 aromatic heterocycles. The number of carbonyl (C=O) groups is 1. The van der Waals surface area contributed by atoms with Crippen molar-refractivity contribution in [1.29, 1.82) is 0 Å². The lowest BCUT2D eigenvalue weighted by atomic mass is 9.59. The zero-order valence-corrected chi connectivity index (χ0v) is 31.0. The lowest BCUT2D eigenvalue weighted by molar-refractivity contribution is -0.133. The molecular formula is C47H62O4. The number of hydrogen-bond donors (Lipinski definition) is 3. The fourth-order valence-corrected chi connectivity index (χ4v) is 7.79. The average molecular weight is 691 g/mol. The summed E-state index contributed by atoms with van der Waals surface area (Å²) in [4.78, 5) is 14.5. The second-order valence-electron chi connectivity index (χ2n) is 14.4. The topological polar surface area (TPSA) is 77.8 Å². The Hall–Kier alpha value is -3.57. The number of ketones is 1. The van der Waals surface area contributed by atoms with Crippen LogP contribution in [0.3, 0.4) is 0 Å². The van der Waals surface area contributed by atoms with Gasteiger partial charge in [-0.15, -0.1) is 0 Å². The Bertz CT molecular complexity index is 1390. The second kappa shape index (κ2) is 21.7. The van der Waals surface area contributed by atoms with Gasteiger partial charge in [0.1, 0.15) is 6.10 Å². The van der Waals surface area contributed by atoms with Gasteiger partial charge in [0, 0.05) is 5.56 Å². The Morgan fingerprint density at radius 1 is 0.490 bits per heavy atom. The number of rotatable bonds is 25. The Balaban J connectivity index is 1.46. The van der Waals surface area contributed by atoms with Crippen LogP contribution in [0.2, 0.25) is 0 Å². The van der Waals surface area contributed by atoms with Gasteiger partial charge in [0.2, 0.25) is 0 Å². The van der Waals surface area contributed by atoms with Crippen LogP contribution < -0.4 is 0 Å². The summed E-state index contributed by atoms with van der Waals surface area (Å²) < 4.78 is 0. The highest BCUT2D eigenvalue weighted by Gasteiger charge is 2.59. The minimum atomic E-state index is -2.52. The van der Waals surface area contributed by atoms with Crippen molar-refractivity contribution in [3.8, 4) is 0 Å². The molecule has 0 saturated carbocycles. The summed E-state index contributed by atoms with van der Waals surface area (Å²) >= 11 is 0. The van der Waals surface area contributed by atoms with Crippen LogP contribution in [0.1, 0.15) is 143 Å². The number of aliphatic hydroxyl groups excluding tert-OH is 2. The Kier molecular flexibility index (Phi) is 17.1. The van der Waals surface area contributed by atoms with E-state index in [9.17, 15) is 20.1 Å². The molecule has 4 aromatic rings. The van der Waals surface area contributed by atoms with Crippen molar-refractivity contribution in [3.05, 3.63) is 144 Å². The van der Waals surface area contributed by atoms with E-state index in [1.807, 2.05) is 91.0 Å². The van der Waals surface area contributed by atoms with Gasteiger partial charge in [-0.3, -0.25) is 4.79 Å². The van der Waals surface area contributed by atoms with Gasteiger partial charge in [0.15, 0.2) is 11.4 Å². The Morgan fingerprint density at radius 2 is 0.804 bits per heavy atom. The summed E-state index contributed by atoms with van der Waals surface area (Å²) in [5.41, 5.74) is -1.51. The lowest BCUT2D eigenvalue weighted by Crippen LogP contribution is -2.65. The summed E-state index contributed by atoms with van der Waals surface area (Å²) in [5, 5.41) is 37.6. The van der Waals surface area contributed by atoms with Crippen LogP contribution in [-0.4, -0.2) is 38.9 Å². The van der Waals surface area contributed by atoms with E-state index in [1.54, 1.807) is 30.3 Å². The molecule has 3 atom stereocenters. The van der Waals surface area contributed by atoms with Crippen LogP contribution in [0.4, 0.5) is 0 Å². The molecule has 3 N–H and O–H groups in total. The van der Waals surface area contributed by atoms with Gasteiger partial charge in [-0.1, -0.05) is 231 Å². The SMILES string of the molecule is CCCCCCCCCCCCCCCCCCC(O)C(O)(C(=O)c1ccccc1)C(O)C(c1ccccc1)(c1ccccc1)c1ccccc1. The van der Waals surface area contributed by atoms with Crippen LogP contribution in [0.15, 0.2) is 121 Å². The molecule has 0 radical (unpaired) electrons. The van der Waals surface area contributed by atoms with Gasteiger partial charge < -0.3 is 15.3 Å². The van der Waals surface area contributed by atoms with Crippen molar-refractivity contribution in [1.82, 2.24) is 0 Å². The maximum Gasteiger partial charge on any atom is 0.199 e. The molecule has 0 aliphatic rings. The minimum absolute atomic E-state index is 0.193. The highest BCUT2D eigenvalue weighted by molar-refractivity contribution is 6.03. The minimum Gasteiger partial charge on any atom is -0.390 e. The standard InChI is InChI=1S/C47H62O4/c1-2-3-4-5-6-7-8-9-10-11-12-13-14-15-16-29-38-43(48)47(51,44(49)39-30-21-17-22-31-39)45(50)46(40-32-23-18-24-33-40,41-34-25-19-26-35-41)42-36-27-20-28-37-42/h17-28,30-37,43,45,48,50-51H,2-16,29,38H2,1H3. The normalized spacial score (nSPS) is 14.1. The highest BCUT2D eigenvalue weighted by Crippen LogP contribution is 2.47. The van der Waals surface area contributed by atoms with Gasteiger partial charge in [-0.25, -0.2) is 0 Å². The van der Waals surface area contributed by atoms with Crippen molar-refractivity contribution >= 4 is 5.78 Å². The van der Waals surface area contributed by atoms with Crippen LogP contribution in [0.25, 0.3) is 0 Å². The molecule has 4 rings (SSSR count). The molecule has 0 amide bonds. The van der Waals surface area contributed by atoms with E-state index in [2.05, 4.69) is 6.92 Å². The Morgan fingerprint density at radius 3 is 1.16 bits per heavy atom. The first kappa shape index (κ1) is 40.2. The molecule has 0 spiro atoms. The molecule has 4 nitrogen and oxygen atoms in total. The van der Waals surface area contributed by atoms with E-state index in [-0.39, 0.29) is 12.0 Å². The summed E-state index contributed by atoms with van der Waals surface area (Å²) in [6, 6.07) is 37.1. The molecule has 0 saturated heterocycles. The zero-order valence-electron chi connectivity index (χ0n) is 31.0. The molecular weight excluding hydrogens is 629 g/mol. The molecule has 4 heteroatoms. The Labute approximate surface area is 308 Å². The van der Waals surface area contributed by atoms with Crippen LogP contribution in [-0.2, 0) is 5.41 Å². The smallest absolute Gasteiger partial charge is 0.199 e. The third-order valence-electron chi connectivity index (χ3n) is 10.8. The number of aliphatic hydroxyl groups is 3. The van der Waals surface area contributed by atoms with Crippen LogP contribution >= 0.6 is 0 Å². The maximum atomic E-state index is 14.5. The van der Waals surface area contributed by atoms with Crippen molar-refractivity contribution in [2.75, 3.05) is 0 Å². The van der Waals surface area contributed by atoms with Crippen LogP contribution in [0, 0.1) is 0 Å². The molecule has 0 bridgehead atoms. The van der Waals surface area contributed by atoms with E-state index in [4.69, 9.17) is 0 Å². The fourth-order valence-electron chi connectivity index (χ4n) is 7.79. The van der Waals surface area contributed by atoms with Gasteiger partial charge in [0.05, 0.1) is 11.5 Å². The first-order chi connectivity index (χ1) is 25.0. The van der Waals surface area contributed by atoms with E-state index in [0.717, 1.165) is 19.3 Å². The van der Waals surface area contributed by atoms with Gasteiger partial charge in [-0.05, 0) is 23.1 Å². The van der Waals surface area contributed by atoms with E-state index >= 15 is 0 Å².